The van der Waals surface area contributed by atoms with E-state index in [1.54, 1.807) is 0 Å². The molecule has 2 unspecified atom stereocenters. The summed E-state index contributed by atoms with van der Waals surface area (Å²) < 4.78 is 19.6. The number of oxazole rings is 1. The summed E-state index contributed by atoms with van der Waals surface area (Å²) in [5.74, 6) is 0.308. The minimum absolute atomic E-state index is 0.104. The van der Waals surface area contributed by atoms with Gasteiger partial charge in [-0.15, -0.1) is 0 Å². The second kappa shape index (κ2) is 5.73. The Morgan fingerprint density at radius 2 is 2.24 bits per heavy atom. The average molecular weight is 292 g/mol. The Hall–Kier alpha value is -1.46. The van der Waals surface area contributed by atoms with Gasteiger partial charge in [0.2, 0.25) is 0 Å². The maximum Gasteiger partial charge on any atom is 0.198 e. The van der Waals surface area contributed by atoms with Crippen molar-refractivity contribution in [2.45, 2.75) is 57.7 Å². The third-order valence-electron chi connectivity index (χ3n) is 4.06. The third-order valence-corrected chi connectivity index (χ3v) is 4.06. The molecule has 21 heavy (non-hydrogen) atoms. The Balaban J connectivity index is 1.79. The number of hydrogen-bond donors (Lipinski definition) is 2. The highest BCUT2D eigenvalue weighted by Crippen LogP contribution is 2.25. The first-order valence-electron chi connectivity index (χ1n) is 7.55. The van der Waals surface area contributed by atoms with Crippen LogP contribution in [0.15, 0.2) is 16.5 Å². The highest BCUT2D eigenvalue weighted by atomic mass is 19.1. The fourth-order valence-electron chi connectivity index (χ4n) is 2.84. The first-order chi connectivity index (χ1) is 10.0. The van der Waals surface area contributed by atoms with Gasteiger partial charge in [0.25, 0.3) is 0 Å². The Kier molecular flexibility index (Phi) is 3.95. The first kappa shape index (κ1) is 14.5. The smallest absolute Gasteiger partial charge is 0.198 e. The van der Waals surface area contributed by atoms with Crippen molar-refractivity contribution < 1.29 is 13.9 Å². The predicted molar refractivity (Wildman–Crippen MR) is 78.5 cm³/mol. The molecule has 1 heterocycles. The van der Waals surface area contributed by atoms with Crippen LogP contribution in [0, 0.1) is 5.82 Å². The van der Waals surface area contributed by atoms with Gasteiger partial charge in [0, 0.05) is 18.5 Å². The fourth-order valence-corrected chi connectivity index (χ4v) is 2.84. The second-order valence-corrected chi connectivity index (χ2v) is 6.12. The lowest BCUT2D eigenvalue weighted by atomic mass is 10.1. The Morgan fingerprint density at radius 3 is 2.90 bits per heavy atom. The number of benzene rings is 1. The Morgan fingerprint density at radius 1 is 1.43 bits per heavy atom. The number of fused-ring (bicyclic) bond motifs is 1. The zero-order valence-electron chi connectivity index (χ0n) is 12.4. The van der Waals surface area contributed by atoms with Crippen LogP contribution in [0.3, 0.4) is 0 Å². The summed E-state index contributed by atoms with van der Waals surface area (Å²) >= 11 is 0. The molecule has 0 radical (unpaired) electrons. The number of nitrogens with one attached hydrogen (secondary N) is 1. The maximum absolute atomic E-state index is 14.1. The van der Waals surface area contributed by atoms with Gasteiger partial charge < -0.3 is 14.8 Å². The van der Waals surface area contributed by atoms with Crippen molar-refractivity contribution in [1.82, 2.24) is 10.3 Å². The third kappa shape index (κ3) is 2.94. The normalized spacial score (nSPS) is 22.5. The zero-order chi connectivity index (χ0) is 15.0. The van der Waals surface area contributed by atoms with Crippen LogP contribution in [0.1, 0.15) is 50.5 Å². The van der Waals surface area contributed by atoms with Crippen molar-refractivity contribution in [2.75, 3.05) is 0 Å². The van der Waals surface area contributed by atoms with Crippen LogP contribution < -0.4 is 5.32 Å². The summed E-state index contributed by atoms with van der Waals surface area (Å²) in [7, 11) is 0. The van der Waals surface area contributed by atoms with E-state index in [9.17, 15) is 9.50 Å². The standard InChI is InChI=1S/C16H21FN2O2/c1-9(2)16-19-13-7-10(6-11(17)15(13)21-16)8-18-12-4-3-5-14(12)20/h6-7,9,12,14,18,20H,3-5,8H2,1-2H3. The minimum atomic E-state index is -0.379. The molecular formula is C16H21FN2O2. The van der Waals surface area contributed by atoms with Gasteiger partial charge >= 0.3 is 0 Å². The molecule has 2 aromatic rings. The number of aliphatic hydroxyl groups excluding tert-OH is 1. The van der Waals surface area contributed by atoms with Crippen molar-refractivity contribution in [3.05, 3.63) is 29.4 Å². The molecule has 5 heteroatoms. The molecule has 3 rings (SSSR count). The lowest BCUT2D eigenvalue weighted by Gasteiger charge is -2.16. The van der Waals surface area contributed by atoms with Crippen LogP contribution in [0.4, 0.5) is 4.39 Å². The van der Waals surface area contributed by atoms with E-state index in [0.29, 0.717) is 18.0 Å². The lowest BCUT2D eigenvalue weighted by molar-refractivity contribution is 0.148. The molecule has 0 aliphatic heterocycles. The van der Waals surface area contributed by atoms with Gasteiger partial charge in [0.05, 0.1) is 6.10 Å². The van der Waals surface area contributed by atoms with E-state index in [1.165, 1.54) is 6.07 Å². The van der Waals surface area contributed by atoms with E-state index >= 15 is 0 Å². The lowest BCUT2D eigenvalue weighted by Crippen LogP contribution is -2.35. The summed E-state index contributed by atoms with van der Waals surface area (Å²) in [5, 5.41) is 13.1. The van der Waals surface area contributed by atoms with Gasteiger partial charge in [-0.1, -0.05) is 13.8 Å². The maximum atomic E-state index is 14.1. The molecule has 1 aromatic carbocycles. The molecule has 0 amide bonds. The number of aromatic nitrogens is 1. The first-order valence-corrected chi connectivity index (χ1v) is 7.55. The fraction of sp³-hybridized carbons (Fsp3) is 0.562. The van der Waals surface area contributed by atoms with Crippen LogP contribution in [-0.4, -0.2) is 22.2 Å². The van der Waals surface area contributed by atoms with Gasteiger partial charge in [0.15, 0.2) is 17.3 Å². The quantitative estimate of drug-likeness (QED) is 0.909. The van der Waals surface area contributed by atoms with Crippen molar-refractivity contribution in [3.63, 3.8) is 0 Å². The SMILES string of the molecule is CC(C)c1nc2cc(CNC3CCCC3O)cc(F)c2o1. The molecule has 114 valence electrons. The second-order valence-electron chi connectivity index (χ2n) is 6.12. The summed E-state index contributed by atoms with van der Waals surface area (Å²) in [6.45, 7) is 4.46. The van der Waals surface area contributed by atoms with E-state index in [4.69, 9.17) is 4.42 Å². The summed E-state index contributed by atoms with van der Waals surface area (Å²) in [6, 6.07) is 3.43. The van der Waals surface area contributed by atoms with Crippen LogP contribution >= 0.6 is 0 Å². The molecule has 1 aliphatic rings. The Labute approximate surface area is 123 Å². The van der Waals surface area contributed by atoms with E-state index in [-0.39, 0.29) is 29.5 Å². The highest BCUT2D eigenvalue weighted by molar-refractivity contribution is 5.74. The molecule has 1 aromatic heterocycles. The molecule has 0 bridgehead atoms. The van der Waals surface area contributed by atoms with Crippen LogP contribution in [0.2, 0.25) is 0 Å². The van der Waals surface area contributed by atoms with Crippen LogP contribution in [-0.2, 0) is 6.54 Å². The number of nitrogens with zero attached hydrogens (tertiary/aromatic N) is 1. The molecule has 1 fully saturated rings. The molecule has 1 saturated carbocycles. The monoisotopic (exact) mass is 292 g/mol. The zero-order valence-corrected chi connectivity index (χ0v) is 12.4. The topological polar surface area (TPSA) is 58.3 Å². The van der Waals surface area contributed by atoms with E-state index in [2.05, 4.69) is 10.3 Å². The van der Waals surface area contributed by atoms with Crippen LogP contribution in [0.5, 0.6) is 0 Å². The van der Waals surface area contributed by atoms with E-state index in [1.807, 2.05) is 19.9 Å². The van der Waals surface area contributed by atoms with Gasteiger partial charge in [-0.25, -0.2) is 9.37 Å². The molecular weight excluding hydrogens is 271 g/mol. The van der Waals surface area contributed by atoms with Crippen molar-refractivity contribution in [1.29, 1.82) is 0 Å². The molecule has 0 spiro atoms. The largest absolute Gasteiger partial charge is 0.437 e. The van der Waals surface area contributed by atoms with Crippen molar-refractivity contribution >= 4 is 11.1 Å². The average Bonchev–Trinajstić information content (AvgIpc) is 3.03. The van der Waals surface area contributed by atoms with Gasteiger partial charge in [0.1, 0.15) is 5.52 Å². The summed E-state index contributed by atoms with van der Waals surface area (Å²) in [4.78, 5) is 4.34. The van der Waals surface area contributed by atoms with Gasteiger partial charge in [-0.05, 0) is 37.0 Å². The van der Waals surface area contributed by atoms with E-state index < -0.39 is 0 Å². The number of aliphatic hydroxyl groups is 1. The van der Waals surface area contributed by atoms with Crippen LogP contribution in [0.25, 0.3) is 11.1 Å². The molecule has 2 atom stereocenters. The molecule has 0 saturated heterocycles. The number of hydrogen-bond acceptors (Lipinski definition) is 4. The molecule has 1 aliphatic carbocycles. The molecule has 4 nitrogen and oxygen atoms in total. The highest BCUT2D eigenvalue weighted by Gasteiger charge is 2.24. The molecule has 2 N–H and O–H groups in total. The minimum Gasteiger partial charge on any atom is -0.437 e. The number of rotatable bonds is 4. The van der Waals surface area contributed by atoms with Gasteiger partial charge in [-0.3, -0.25) is 0 Å². The van der Waals surface area contributed by atoms with Crippen molar-refractivity contribution in [2.24, 2.45) is 0 Å². The predicted octanol–water partition coefficient (Wildman–Crippen LogP) is 3.09. The number of halogens is 1. The summed E-state index contributed by atoms with van der Waals surface area (Å²) in [5.41, 5.74) is 1.61. The summed E-state index contributed by atoms with van der Waals surface area (Å²) in [6.07, 6.45) is 2.55. The van der Waals surface area contributed by atoms with E-state index in [0.717, 1.165) is 24.8 Å². The van der Waals surface area contributed by atoms with Gasteiger partial charge in [-0.2, -0.15) is 0 Å². The van der Waals surface area contributed by atoms with Crippen molar-refractivity contribution in [3.8, 4) is 0 Å². The Bertz CT molecular complexity index is 638.